The second kappa shape index (κ2) is 69.8. The van der Waals surface area contributed by atoms with Crippen molar-refractivity contribution in [3.05, 3.63) is 0 Å². The van der Waals surface area contributed by atoms with Crippen LogP contribution in [0, 0.1) is 11.8 Å². The van der Waals surface area contributed by atoms with Crippen molar-refractivity contribution in [3.8, 4) is 0 Å². The molecule has 0 aromatic carbocycles. The molecule has 2 unspecified atom stereocenters. The third-order valence-corrected chi connectivity index (χ3v) is 17.6. The van der Waals surface area contributed by atoms with Crippen molar-refractivity contribution in [1.29, 1.82) is 0 Å². The first-order valence-electron chi connectivity index (χ1n) is 35.2. The molecule has 0 amide bonds. The van der Waals surface area contributed by atoms with Crippen LogP contribution in [0.3, 0.4) is 0 Å². The summed E-state index contributed by atoms with van der Waals surface area (Å²) in [6.45, 7) is 9.21. The molecule has 2 atom stereocenters. The third-order valence-electron chi connectivity index (χ3n) is 16.8. The molecule has 0 aliphatic heterocycles. The van der Waals surface area contributed by atoms with Gasteiger partial charge in [-0.15, -0.1) is 0 Å². The molecule has 0 aromatic rings. The summed E-state index contributed by atoms with van der Waals surface area (Å²) in [6, 6.07) is 0. The molecule has 8 nitrogen and oxygen atoms in total. The van der Waals surface area contributed by atoms with Crippen LogP contribution in [0.25, 0.3) is 0 Å². The molecule has 11 heteroatoms. The summed E-state index contributed by atoms with van der Waals surface area (Å²) in [5, 5.41) is 0. The van der Waals surface area contributed by atoms with Gasteiger partial charge >= 0.3 is 37.7 Å². The van der Waals surface area contributed by atoms with Gasteiger partial charge in [-0.25, -0.2) is 16.8 Å². The van der Waals surface area contributed by atoms with Crippen molar-refractivity contribution in [2.24, 2.45) is 11.8 Å². The molecule has 0 spiro atoms. The zero-order valence-electron chi connectivity index (χ0n) is 53.8. The van der Waals surface area contributed by atoms with Crippen LogP contribution in [0.15, 0.2) is 0 Å². The predicted molar refractivity (Wildman–Crippen MR) is 344 cm³/mol. The van der Waals surface area contributed by atoms with Gasteiger partial charge in [0.2, 0.25) is 20.8 Å². The summed E-state index contributed by atoms with van der Waals surface area (Å²) in [5.41, 5.74) is 0. The molecular formula is C68H138CaO8S2. The topological polar surface area (TPSA) is 133 Å². The van der Waals surface area contributed by atoms with Gasteiger partial charge in [0.15, 0.2) is 0 Å². The van der Waals surface area contributed by atoms with Crippen molar-refractivity contribution in [2.75, 3.05) is 13.2 Å². The van der Waals surface area contributed by atoms with Crippen molar-refractivity contribution in [2.45, 2.75) is 413 Å². The first kappa shape index (κ1) is 84.2. The van der Waals surface area contributed by atoms with Gasteiger partial charge in [0.05, 0.1) is 13.2 Å². The van der Waals surface area contributed by atoms with Crippen LogP contribution in [0.2, 0.25) is 0 Å². The fourth-order valence-electron chi connectivity index (χ4n) is 11.5. The maximum Gasteiger partial charge on any atom is 2.00 e. The zero-order valence-corrected chi connectivity index (χ0v) is 57.6. The maximum absolute atomic E-state index is 10.9. The molecule has 0 bridgehead atoms. The molecular weight excluding hydrogens is 1050 g/mol. The molecule has 0 rings (SSSR count). The van der Waals surface area contributed by atoms with E-state index in [9.17, 15) is 25.9 Å². The Hall–Kier alpha value is 1.000. The van der Waals surface area contributed by atoms with Crippen LogP contribution < -0.4 is 0 Å². The van der Waals surface area contributed by atoms with Gasteiger partial charge in [-0.05, 0) is 37.5 Å². The molecule has 0 aliphatic carbocycles. The van der Waals surface area contributed by atoms with E-state index in [1.807, 2.05) is 0 Å². The zero-order chi connectivity index (χ0) is 57.4. The quantitative estimate of drug-likeness (QED) is 0.0254. The van der Waals surface area contributed by atoms with Gasteiger partial charge < -0.3 is 9.11 Å². The van der Waals surface area contributed by atoms with E-state index in [0.717, 1.165) is 51.4 Å². The Bertz CT molecular complexity index is 1230. The Labute approximate surface area is 526 Å². The van der Waals surface area contributed by atoms with Gasteiger partial charge in [-0.2, -0.15) is 0 Å². The maximum atomic E-state index is 10.9. The van der Waals surface area contributed by atoms with Gasteiger partial charge in [0, 0.05) is 0 Å². The van der Waals surface area contributed by atoms with Crippen LogP contribution in [0.5, 0.6) is 0 Å². The minimum atomic E-state index is -4.58. The van der Waals surface area contributed by atoms with Gasteiger partial charge in [0.1, 0.15) is 0 Å². The Kier molecular flexibility index (Phi) is 74.4. The van der Waals surface area contributed by atoms with E-state index < -0.39 is 20.8 Å². The summed E-state index contributed by atoms with van der Waals surface area (Å²) in [4.78, 5) is 0. The first-order valence-corrected chi connectivity index (χ1v) is 37.9. The van der Waals surface area contributed by atoms with E-state index >= 15 is 0 Å². The molecule has 0 saturated carbocycles. The summed E-state index contributed by atoms with van der Waals surface area (Å²) in [7, 11) is -9.17. The average Bonchev–Trinajstić information content (AvgIpc) is 3.41. The summed E-state index contributed by atoms with van der Waals surface area (Å²) in [5.74, 6) is 0.396. The SMILES string of the molecule is CCCCCCCCCCCCCCCCCCCCCC(CCCCCCCCCCC)COS(=O)(=O)[O-].CCCCCCCCCCCCCCCCCCCCCC(CCCCCCCCCCC)COS(=O)(=O)[O-].[Ca+2]. The van der Waals surface area contributed by atoms with Crippen molar-refractivity contribution in [1.82, 2.24) is 0 Å². The normalized spacial score (nSPS) is 12.6. The van der Waals surface area contributed by atoms with Gasteiger partial charge in [-0.3, -0.25) is 8.37 Å². The fourth-order valence-corrected chi connectivity index (χ4v) is 12.2. The van der Waals surface area contributed by atoms with Crippen LogP contribution in [-0.2, 0) is 29.2 Å². The number of hydrogen-bond acceptors (Lipinski definition) is 8. The summed E-state index contributed by atoms with van der Waals surface area (Å²) in [6.07, 6.45) is 79.2. The molecule has 0 aliphatic rings. The van der Waals surface area contributed by atoms with E-state index in [4.69, 9.17) is 0 Å². The summed E-state index contributed by atoms with van der Waals surface area (Å²) >= 11 is 0. The van der Waals surface area contributed by atoms with Crippen LogP contribution in [0.1, 0.15) is 413 Å². The van der Waals surface area contributed by atoms with Crippen LogP contribution in [0.4, 0.5) is 0 Å². The number of unbranched alkanes of at least 4 members (excludes halogenated alkanes) is 52. The predicted octanol–water partition coefficient (Wildman–Crippen LogP) is 23.3. The third kappa shape index (κ3) is 79.0. The minimum Gasteiger partial charge on any atom is -0.726 e. The van der Waals surface area contributed by atoms with E-state index in [-0.39, 0.29) is 62.8 Å². The second-order valence-electron chi connectivity index (χ2n) is 24.7. The Morgan fingerprint density at radius 1 is 0.228 bits per heavy atom. The monoisotopic (exact) mass is 1190 g/mol. The van der Waals surface area contributed by atoms with Crippen LogP contribution >= 0.6 is 0 Å². The molecule has 0 fully saturated rings. The van der Waals surface area contributed by atoms with E-state index in [1.54, 1.807) is 0 Å². The molecule has 472 valence electrons. The molecule has 79 heavy (non-hydrogen) atoms. The first-order chi connectivity index (χ1) is 38.0. The van der Waals surface area contributed by atoms with Gasteiger partial charge in [-0.1, -0.05) is 387 Å². The summed E-state index contributed by atoms with van der Waals surface area (Å²) < 4.78 is 74.9. The fraction of sp³-hybridized carbons (Fsp3) is 1.00. The van der Waals surface area contributed by atoms with E-state index in [2.05, 4.69) is 36.1 Å². The van der Waals surface area contributed by atoms with Crippen molar-refractivity contribution >= 4 is 58.5 Å². The van der Waals surface area contributed by atoms with E-state index in [1.165, 1.54) is 334 Å². The molecule has 0 radical (unpaired) electrons. The number of rotatable bonds is 66. The standard InChI is InChI=1S/2C34H70O4S.Ca/c2*1-3-5-7-9-11-13-14-15-16-17-18-19-20-21-22-24-26-28-30-32-34(33-38-39(35,36)37)31-29-27-25-23-12-10-8-6-4-2;/h2*34H,3-33H2,1-2H3,(H,35,36,37);/q;;+2/p-2. The number of hydrogen-bond donors (Lipinski definition) is 0. The van der Waals surface area contributed by atoms with Crippen LogP contribution in [-0.4, -0.2) is 76.9 Å². The Morgan fingerprint density at radius 3 is 0.456 bits per heavy atom. The van der Waals surface area contributed by atoms with Crippen molar-refractivity contribution < 1.29 is 34.3 Å². The van der Waals surface area contributed by atoms with Gasteiger partial charge in [0.25, 0.3) is 0 Å². The molecule has 0 saturated heterocycles. The smallest absolute Gasteiger partial charge is 0.726 e. The van der Waals surface area contributed by atoms with Crippen molar-refractivity contribution in [3.63, 3.8) is 0 Å². The molecule has 0 N–H and O–H groups in total. The minimum absolute atomic E-state index is 0. The molecule has 0 aromatic heterocycles. The Balaban J connectivity index is -0.00000144. The van der Waals surface area contributed by atoms with E-state index in [0.29, 0.717) is 0 Å². The largest absolute Gasteiger partial charge is 2.00 e. The Morgan fingerprint density at radius 2 is 0.342 bits per heavy atom. The molecule has 0 heterocycles. The second-order valence-corrected chi connectivity index (χ2v) is 26.8. The average molecular weight is 1190 g/mol.